The van der Waals surface area contributed by atoms with Crippen molar-refractivity contribution in [3.8, 4) is 11.5 Å². The fourth-order valence-corrected chi connectivity index (χ4v) is 3.53. The van der Waals surface area contributed by atoms with Gasteiger partial charge in [-0.1, -0.05) is 36.7 Å². The molecule has 0 saturated carbocycles. The van der Waals surface area contributed by atoms with Crippen LogP contribution in [0.1, 0.15) is 50.0 Å². The van der Waals surface area contributed by atoms with Crippen LogP contribution in [0.2, 0.25) is 5.02 Å². The molecule has 1 atom stereocenters. The predicted molar refractivity (Wildman–Crippen MR) is 119 cm³/mol. The van der Waals surface area contributed by atoms with E-state index in [1.807, 2.05) is 13.8 Å². The fourth-order valence-electron chi connectivity index (χ4n) is 2.74. The third-order valence-electron chi connectivity index (χ3n) is 4.85. The van der Waals surface area contributed by atoms with Gasteiger partial charge in [0.15, 0.2) is 11.5 Å². The molecule has 0 spiro atoms. The lowest BCUT2D eigenvalue weighted by atomic mass is 10.1. The third kappa shape index (κ3) is 5.67. The molecular weight excluding hydrogens is 426 g/mol. The van der Waals surface area contributed by atoms with Gasteiger partial charge in [-0.05, 0) is 57.0 Å². The largest absolute Gasteiger partial charge is 0.493 e. The van der Waals surface area contributed by atoms with E-state index in [0.29, 0.717) is 21.9 Å². The molecular formula is C22H28ClNO5S. The van der Waals surface area contributed by atoms with E-state index in [0.717, 1.165) is 6.42 Å². The smallest absolute Gasteiger partial charge is 0.311 e. The molecule has 164 valence electrons. The van der Waals surface area contributed by atoms with Gasteiger partial charge in [-0.15, -0.1) is 0 Å². The van der Waals surface area contributed by atoms with Crippen LogP contribution in [0.25, 0.3) is 0 Å². The van der Waals surface area contributed by atoms with E-state index in [1.54, 1.807) is 61.2 Å². The molecule has 30 heavy (non-hydrogen) atoms. The Morgan fingerprint density at radius 1 is 1.10 bits per heavy atom. The van der Waals surface area contributed by atoms with Crippen LogP contribution in [-0.2, 0) is 16.7 Å². The first-order chi connectivity index (χ1) is 14.1. The lowest BCUT2D eigenvalue weighted by Crippen LogP contribution is -2.38. The molecule has 0 heterocycles. The van der Waals surface area contributed by atoms with Gasteiger partial charge >= 0.3 is 10.1 Å². The van der Waals surface area contributed by atoms with Crippen LogP contribution in [0, 0.1) is 0 Å². The first-order valence-corrected chi connectivity index (χ1v) is 11.6. The molecule has 6 nitrogen and oxygen atoms in total. The van der Waals surface area contributed by atoms with Gasteiger partial charge in [-0.3, -0.25) is 4.79 Å². The van der Waals surface area contributed by atoms with Crippen LogP contribution in [-0.4, -0.2) is 37.6 Å². The third-order valence-corrected chi connectivity index (χ3v) is 6.75. The molecule has 0 unspecified atom stereocenters. The number of carbonyl (C=O) groups excluding carboxylic acids is 1. The SMILES string of the molecule is CC[C@@H](C)N(Cc1ccc(OC)c(OS(=O)(=O)C(C)C)c1)C(=O)c1ccccc1Cl. The Bertz CT molecular complexity index is 991. The summed E-state index contributed by atoms with van der Waals surface area (Å²) in [7, 11) is -2.35. The monoisotopic (exact) mass is 453 g/mol. The number of hydrogen-bond acceptors (Lipinski definition) is 5. The number of amides is 1. The Hall–Kier alpha value is -2.25. The van der Waals surface area contributed by atoms with Crippen LogP contribution in [0.15, 0.2) is 42.5 Å². The highest BCUT2D eigenvalue weighted by Gasteiger charge is 2.24. The lowest BCUT2D eigenvalue weighted by Gasteiger charge is -2.29. The van der Waals surface area contributed by atoms with Crippen molar-refractivity contribution in [1.82, 2.24) is 4.90 Å². The molecule has 1 amide bonds. The Balaban J connectivity index is 2.40. The van der Waals surface area contributed by atoms with Gasteiger partial charge in [-0.2, -0.15) is 8.42 Å². The van der Waals surface area contributed by atoms with Crippen molar-refractivity contribution in [2.75, 3.05) is 7.11 Å². The van der Waals surface area contributed by atoms with Crippen LogP contribution in [0.3, 0.4) is 0 Å². The highest BCUT2D eigenvalue weighted by atomic mass is 35.5. The molecule has 0 N–H and O–H groups in total. The fraction of sp³-hybridized carbons (Fsp3) is 0.409. The van der Waals surface area contributed by atoms with E-state index in [1.165, 1.54) is 7.11 Å². The number of nitrogens with zero attached hydrogens (tertiary/aromatic N) is 1. The minimum absolute atomic E-state index is 0.0559. The lowest BCUT2D eigenvalue weighted by molar-refractivity contribution is 0.0671. The minimum Gasteiger partial charge on any atom is -0.493 e. The van der Waals surface area contributed by atoms with Crippen molar-refractivity contribution in [2.45, 2.75) is 52.0 Å². The van der Waals surface area contributed by atoms with Gasteiger partial charge in [0.1, 0.15) is 0 Å². The summed E-state index contributed by atoms with van der Waals surface area (Å²) in [5, 5.41) is -0.318. The van der Waals surface area contributed by atoms with Crippen LogP contribution in [0.4, 0.5) is 0 Å². The quantitative estimate of drug-likeness (QED) is 0.504. The van der Waals surface area contributed by atoms with E-state index >= 15 is 0 Å². The van der Waals surface area contributed by atoms with Crippen LogP contribution < -0.4 is 8.92 Å². The molecule has 2 aromatic rings. The standard InChI is InChI=1S/C22H28ClNO5S/c1-6-16(4)24(22(25)18-9-7-8-10-19(18)23)14-17-11-12-20(28-5)21(13-17)29-30(26,27)15(2)3/h7-13,15-16H,6,14H2,1-5H3/t16-/m1/s1. The summed E-state index contributed by atoms with van der Waals surface area (Å²) < 4.78 is 35.0. The number of methoxy groups -OCH3 is 1. The second-order valence-electron chi connectivity index (χ2n) is 7.28. The highest BCUT2D eigenvalue weighted by Crippen LogP contribution is 2.31. The Kier molecular flexibility index (Phi) is 8.15. The van der Waals surface area contributed by atoms with E-state index in [2.05, 4.69) is 0 Å². The average molecular weight is 454 g/mol. The van der Waals surface area contributed by atoms with Gasteiger partial charge < -0.3 is 13.8 Å². The van der Waals surface area contributed by atoms with Crippen molar-refractivity contribution in [2.24, 2.45) is 0 Å². The van der Waals surface area contributed by atoms with Gasteiger partial charge in [0.05, 0.1) is 22.9 Å². The van der Waals surface area contributed by atoms with Crippen LogP contribution >= 0.6 is 11.6 Å². The maximum Gasteiger partial charge on any atom is 0.311 e. The Labute approximate surface area is 183 Å². The van der Waals surface area contributed by atoms with E-state index in [9.17, 15) is 13.2 Å². The van der Waals surface area contributed by atoms with Gasteiger partial charge in [-0.25, -0.2) is 0 Å². The van der Waals surface area contributed by atoms with Crippen molar-refractivity contribution in [3.63, 3.8) is 0 Å². The number of ether oxygens (including phenoxy) is 1. The van der Waals surface area contributed by atoms with Gasteiger partial charge in [0.2, 0.25) is 0 Å². The molecule has 0 radical (unpaired) electrons. The highest BCUT2D eigenvalue weighted by molar-refractivity contribution is 7.87. The second-order valence-corrected chi connectivity index (χ2v) is 9.78. The Morgan fingerprint density at radius 2 is 1.77 bits per heavy atom. The summed E-state index contributed by atoms with van der Waals surface area (Å²) in [5.74, 6) is 0.205. The summed E-state index contributed by atoms with van der Waals surface area (Å²) in [6.45, 7) is 7.30. The molecule has 0 bridgehead atoms. The first kappa shape index (κ1) is 24.0. The molecule has 0 fully saturated rings. The Morgan fingerprint density at radius 3 is 2.33 bits per heavy atom. The predicted octanol–water partition coefficient (Wildman–Crippen LogP) is 4.91. The van der Waals surface area contributed by atoms with Crippen LogP contribution in [0.5, 0.6) is 11.5 Å². The van der Waals surface area contributed by atoms with E-state index in [4.69, 9.17) is 20.5 Å². The van der Waals surface area contributed by atoms with Crippen molar-refractivity contribution in [3.05, 3.63) is 58.6 Å². The van der Waals surface area contributed by atoms with Gasteiger partial charge in [0, 0.05) is 12.6 Å². The number of rotatable bonds is 9. The van der Waals surface area contributed by atoms with Crippen molar-refractivity contribution in [1.29, 1.82) is 0 Å². The minimum atomic E-state index is -3.79. The molecule has 0 aliphatic carbocycles. The zero-order chi connectivity index (χ0) is 22.5. The maximum atomic E-state index is 13.2. The van der Waals surface area contributed by atoms with Gasteiger partial charge in [0.25, 0.3) is 5.91 Å². The molecule has 0 aliphatic rings. The number of hydrogen-bond donors (Lipinski definition) is 0. The van der Waals surface area contributed by atoms with E-state index < -0.39 is 15.4 Å². The molecule has 2 rings (SSSR count). The first-order valence-electron chi connectivity index (χ1n) is 9.76. The molecule has 0 aliphatic heterocycles. The zero-order valence-corrected chi connectivity index (χ0v) is 19.5. The topological polar surface area (TPSA) is 72.9 Å². The zero-order valence-electron chi connectivity index (χ0n) is 17.9. The average Bonchev–Trinajstić information content (AvgIpc) is 2.71. The maximum absolute atomic E-state index is 13.2. The number of carbonyl (C=O) groups is 1. The summed E-state index contributed by atoms with van der Waals surface area (Å²) in [6.07, 6.45) is 0.747. The molecule has 2 aromatic carbocycles. The normalized spacial score (nSPS) is 12.5. The molecule has 0 aromatic heterocycles. The van der Waals surface area contributed by atoms with Crippen molar-refractivity contribution >= 4 is 27.6 Å². The second kappa shape index (κ2) is 10.2. The summed E-state index contributed by atoms with van der Waals surface area (Å²) in [5.41, 5.74) is 1.14. The van der Waals surface area contributed by atoms with E-state index in [-0.39, 0.29) is 24.2 Å². The summed E-state index contributed by atoms with van der Waals surface area (Å²) >= 11 is 6.23. The molecule has 0 saturated heterocycles. The van der Waals surface area contributed by atoms with Crippen molar-refractivity contribution < 1.29 is 22.1 Å². The number of halogens is 1. The molecule has 8 heteroatoms. The summed E-state index contributed by atoms with van der Waals surface area (Å²) in [4.78, 5) is 14.9. The summed E-state index contributed by atoms with van der Waals surface area (Å²) in [6, 6.07) is 11.9. The number of benzene rings is 2.